The Bertz CT molecular complexity index is 394. The van der Waals surface area contributed by atoms with Crippen molar-refractivity contribution in [3.05, 3.63) is 34.4 Å². The maximum absolute atomic E-state index is 10.8. The Balaban J connectivity index is 2.60. The number of hydrogen-bond donors (Lipinski definition) is 3. The fourth-order valence-electron chi connectivity index (χ4n) is 1.17. The van der Waals surface area contributed by atoms with Crippen molar-refractivity contribution in [3.63, 3.8) is 0 Å². The summed E-state index contributed by atoms with van der Waals surface area (Å²) >= 11 is 0. The molecule has 0 radical (unpaired) electrons. The van der Waals surface area contributed by atoms with E-state index >= 15 is 0 Å². The van der Waals surface area contributed by atoms with Gasteiger partial charge in [-0.3, -0.25) is 20.3 Å². The summed E-state index contributed by atoms with van der Waals surface area (Å²) in [5, 5.41) is 13.4. The monoisotopic (exact) mass is 224 g/mol. The molecule has 0 aliphatic heterocycles. The number of benzene rings is 1. The molecular weight excluding hydrogens is 212 g/mol. The third-order valence-corrected chi connectivity index (χ3v) is 1.93. The summed E-state index contributed by atoms with van der Waals surface area (Å²) in [4.78, 5) is 21.0. The molecule has 7 nitrogen and oxygen atoms in total. The van der Waals surface area contributed by atoms with Crippen molar-refractivity contribution in [1.29, 1.82) is 0 Å². The molecule has 1 amide bonds. The molecule has 0 saturated heterocycles. The zero-order chi connectivity index (χ0) is 12.0. The Kier molecular flexibility index (Phi) is 4.22. The molecule has 0 aliphatic carbocycles. The van der Waals surface area contributed by atoms with Gasteiger partial charge in [0.15, 0.2) is 0 Å². The highest BCUT2D eigenvalue weighted by Crippen LogP contribution is 2.22. The second-order valence-electron chi connectivity index (χ2n) is 3.02. The lowest BCUT2D eigenvalue weighted by Gasteiger charge is -2.05. The highest BCUT2D eigenvalue weighted by atomic mass is 16.6. The Hall–Kier alpha value is -2.15. The summed E-state index contributed by atoms with van der Waals surface area (Å²) in [5.41, 5.74) is 2.34. The molecule has 16 heavy (non-hydrogen) atoms. The summed E-state index contributed by atoms with van der Waals surface area (Å²) in [6, 6.07) is 6.23. The number of nitro benzene ring substituents is 1. The van der Waals surface area contributed by atoms with Gasteiger partial charge in [-0.25, -0.2) is 5.84 Å². The van der Waals surface area contributed by atoms with E-state index < -0.39 is 4.92 Å². The van der Waals surface area contributed by atoms with Crippen LogP contribution >= 0.6 is 0 Å². The van der Waals surface area contributed by atoms with Crippen LogP contribution in [-0.4, -0.2) is 17.4 Å². The molecule has 0 aliphatic rings. The second-order valence-corrected chi connectivity index (χ2v) is 3.02. The molecule has 0 unspecified atom stereocenters. The van der Waals surface area contributed by atoms with Crippen LogP contribution in [0.2, 0.25) is 0 Å². The van der Waals surface area contributed by atoms with Gasteiger partial charge in [0.1, 0.15) is 5.69 Å². The lowest BCUT2D eigenvalue weighted by Crippen LogP contribution is -2.31. The lowest BCUT2D eigenvalue weighted by molar-refractivity contribution is -0.384. The number of para-hydroxylation sites is 2. The van der Waals surface area contributed by atoms with Crippen molar-refractivity contribution in [2.75, 3.05) is 11.9 Å². The predicted octanol–water partition coefficient (Wildman–Crippen LogP) is 0.387. The Morgan fingerprint density at radius 1 is 1.44 bits per heavy atom. The van der Waals surface area contributed by atoms with Crippen molar-refractivity contribution in [2.24, 2.45) is 5.84 Å². The van der Waals surface area contributed by atoms with E-state index in [1.54, 1.807) is 18.2 Å². The van der Waals surface area contributed by atoms with E-state index in [-0.39, 0.29) is 24.6 Å². The van der Waals surface area contributed by atoms with Crippen molar-refractivity contribution >= 4 is 17.3 Å². The van der Waals surface area contributed by atoms with Gasteiger partial charge in [0.2, 0.25) is 5.91 Å². The molecule has 1 rings (SSSR count). The van der Waals surface area contributed by atoms with E-state index in [1.807, 2.05) is 5.43 Å². The topological polar surface area (TPSA) is 110 Å². The number of amides is 1. The molecule has 0 saturated carbocycles. The zero-order valence-corrected chi connectivity index (χ0v) is 8.47. The maximum Gasteiger partial charge on any atom is 0.292 e. The molecule has 86 valence electrons. The average Bonchev–Trinajstić information content (AvgIpc) is 2.29. The number of carbonyl (C=O) groups excluding carboxylic acids is 1. The van der Waals surface area contributed by atoms with Crippen LogP contribution in [0.15, 0.2) is 24.3 Å². The summed E-state index contributed by atoms with van der Waals surface area (Å²) in [6.45, 7) is 0.286. The number of nitrogens with one attached hydrogen (secondary N) is 2. The van der Waals surface area contributed by atoms with E-state index in [9.17, 15) is 14.9 Å². The first-order valence-electron chi connectivity index (χ1n) is 4.62. The van der Waals surface area contributed by atoms with Crippen LogP contribution < -0.4 is 16.6 Å². The molecule has 0 atom stereocenters. The number of rotatable bonds is 5. The van der Waals surface area contributed by atoms with Gasteiger partial charge in [0, 0.05) is 19.0 Å². The third-order valence-electron chi connectivity index (χ3n) is 1.93. The maximum atomic E-state index is 10.8. The van der Waals surface area contributed by atoms with E-state index in [4.69, 9.17) is 5.84 Å². The number of hydrazine groups is 1. The number of nitrogens with two attached hydrogens (primary N) is 1. The smallest absolute Gasteiger partial charge is 0.292 e. The van der Waals surface area contributed by atoms with Crippen molar-refractivity contribution < 1.29 is 9.72 Å². The van der Waals surface area contributed by atoms with E-state index in [0.717, 1.165) is 0 Å². The van der Waals surface area contributed by atoms with Gasteiger partial charge in [0.25, 0.3) is 5.69 Å². The van der Waals surface area contributed by atoms with Crippen LogP contribution in [0.1, 0.15) is 6.42 Å². The number of carbonyl (C=O) groups is 1. The molecule has 0 bridgehead atoms. The molecule has 0 fully saturated rings. The zero-order valence-electron chi connectivity index (χ0n) is 8.47. The number of hydrogen-bond acceptors (Lipinski definition) is 5. The fourth-order valence-corrected chi connectivity index (χ4v) is 1.17. The summed E-state index contributed by atoms with van der Waals surface area (Å²) in [7, 11) is 0. The third kappa shape index (κ3) is 3.21. The van der Waals surface area contributed by atoms with Gasteiger partial charge < -0.3 is 5.32 Å². The van der Waals surface area contributed by atoms with Crippen LogP contribution in [0.3, 0.4) is 0 Å². The second kappa shape index (κ2) is 5.66. The van der Waals surface area contributed by atoms with Crippen LogP contribution in [0.5, 0.6) is 0 Å². The summed E-state index contributed by atoms with van der Waals surface area (Å²) in [5.74, 6) is 4.57. The van der Waals surface area contributed by atoms with E-state index in [2.05, 4.69) is 5.32 Å². The van der Waals surface area contributed by atoms with Crippen LogP contribution in [0, 0.1) is 10.1 Å². The molecule has 1 aromatic carbocycles. The predicted molar refractivity (Wildman–Crippen MR) is 58.5 cm³/mol. The first kappa shape index (κ1) is 11.9. The van der Waals surface area contributed by atoms with Crippen molar-refractivity contribution in [3.8, 4) is 0 Å². The summed E-state index contributed by atoms with van der Waals surface area (Å²) < 4.78 is 0. The van der Waals surface area contributed by atoms with Crippen LogP contribution in [0.4, 0.5) is 11.4 Å². The molecule has 7 heteroatoms. The quantitative estimate of drug-likeness (QED) is 0.290. The first-order valence-corrected chi connectivity index (χ1v) is 4.62. The first-order chi connectivity index (χ1) is 7.65. The minimum absolute atomic E-state index is 0.0179. The number of nitrogens with zero attached hydrogens (tertiary/aromatic N) is 1. The van der Waals surface area contributed by atoms with Gasteiger partial charge in [-0.1, -0.05) is 12.1 Å². The highest BCUT2D eigenvalue weighted by Gasteiger charge is 2.11. The van der Waals surface area contributed by atoms with Gasteiger partial charge >= 0.3 is 0 Å². The van der Waals surface area contributed by atoms with Crippen LogP contribution in [-0.2, 0) is 4.79 Å². The van der Waals surface area contributed by atoms with E-state index in [0.29, 0.717) is 5.69 Å². The Morgan fingerprint density at radius 3 is 2.75 bits per heavy atom. The molecule has 1 aromatic rings. The molecule has 0 spiro atoms. The van der Waals surface area contributed by atoms with Gasteiger partial charge in [0.05, 0.1) is 4.92 Å². The van der Waals surface area contributed by atoms with E-state index in [1.165, 1.54) is 6.07 Å². The molecule has 0 heterocycles. The average molecular weight is 224 g/mol. The lowest BCUT2D eigenvalue weighted by atomic mass is 10.2. The molecule has 4 N–H and O–H groups in total. The van der Waals surface area contributed by atoms with Gasteiger partial charge in [-0.2, -0.15) is 0 Å². The Labute approximate surface area is 91.8 Å². The molecule has 0 aromatic heterocycles. The van der Waals surface area contributed by atoms with Crippen molar-refractivity contribution in [1.82, 2.24) is 5.43 Å². The normalized spacial score (nSPS) is 9.56. The van der Waals surface area contributed by atoms with Gasteiger partial charge in [-0.05, 0) is 6.07 Å². The molecular formula is C9H12N4O3. The Morgan fingerprint density at radius 2 is 2.12 bits per heavy atom. The number of nitro groups is 1. The van der Waals surface area contributed by atoms with Gasteiger partial charge in [-0.15, -0.1) is 0 Å². The highest BCUT2D eigenvalue weighted by molar-refractivity contribution is 5.76. The SMILES string of the molecule is NNC(=O)CCNc1ccccc1[N+](=O)[O-]. The van der Waals surface area contributed by atoms with Crippen LogP contribution in [0.25, 0.3) is 0 Å². The standard InChI is InChI=1S/C9H12N4O3/c10-12-9(14)5-6-11-7-3-1-2-4-8(7)13(15)16/h1-4,11H,5-6,10H2,(H,12,14). The summed E-state index contributed by atoms with van der Waals surface area (Å²) in [6.07, 6.45) is 0.155. The minimum atomic E-state index is -0.481. The fraction of sp³-hybridized carbons (Fsp3) is 0.222. The minimum Gasteiger partial charge on any atom is -0.379 e. The number of anilines is 1. The van der Waals surface area contributed by atoms with Crippen molar-refractivity contribution in [2.45, 2.75) is 6.42 Å². The largest absolute Gasteiger partial charge is 0.379 e.